The lowest BCUT2D eigenvalue weighted by Gasteiger charge is -2.33. The van der Waals surface area contributed by atoms with E-state index in [2.05, 4.69) is 21.6 Å². The topological polar surface area (TPSA) is 52.0 Å². The molecule has 0 aliphatic carbocycles. The number of carbonyl (C=O) groups is 1. The fourth-order valence-electron chi connectivity index (χ4n) is 3.48. The molecule has 136 valence electrons. The van der Waals surface area contributed by atoms with E-state index >= 15 is 0 Å². The summed E-state index contributed by atoms with van der Waals surface area (Å²) in [6, 6.07) is 5.71. The fourth-order valence-corrected chi connectivity index (χ4v) is 3.48. The number of unbranched alkanes of at least 4 members (excludes halogenated alkanes) is 1. The Balaban J connectivity index is 1.36. The summed E-state index contributed by atoms with van der Waals surface area (Å²) in [6.45, 7) is 6.51. The van der Waals surface area contributed by atoms with E-state index in [-0.39, 0.29) is 6.03 Å². The van der Waals surface area contributed by atoms with Crippen molar-refractivity contribution < 1.29 is 4.79 Å². The molecule has 1 fully saturated rings. The molecule has 2 amide bonds. The number of piperidine rings is 1. The Morgan fingerprint density at radius 2 is 2.04 bits per heavy atom. The lowest BCUT2D eigenvalue weighted by Crippen LogP contribution is -2.41. The van der Waals surface area contributed by atoms with Gasteiger partial charge in [-0.2, -0.15) is 5.10 Å². The van der Waals surface area contributed by atoms with Crippen LogP contribution in [-0.4, -0.2) is 61.7 Å². The number of anilines is 1. The quantitative estimate of drug-likeness (QED) is 0.583. The molecule has 2 aliphatic rings. The molecule has 0 spiro atoms. The maximum Gasteiger partial charge on any atom is 0.344 e. The Bertz CT molecular complexity index is 684. The van der Waals surface area contributed by atoms with Crippen LogP contribution in [0.15, 0.2) is 35.6 Å². The van der Waals surface area contributed by atoms with E-state index in [0.717, 1.165) is 37.7 Å². The number of hydrogen-bond acceptors (Lipinski definition) is 4. The summed E-state index contributed by atoms with van der Waals surface area (Å²) < 4.78 is 0. The van der Waals surface area contributed by atoms with Crippen molar-refractivity contribution in [1.82, 2.24) is 14.9 Å². The predicted octanol–water partition coefficient (Wildman–Crippen LogP) is 2.13. The van der Waals surface area contributed by atoms with Crippen LogP contribution in [0.2, 0.25) is 0 Å². The van der Waals surface area contributed by atoms with Gasteiger partial charge in [0.1, 0.15) is 13.7 Å². The fraction of sp³-hybridized carbons (Fsp3) is 0.526. The number of nitrogens with zero attached hydrogens (tertiary/aromatic N) is 5. The molecule has 7 heteroatoms. The van der Waals surface area contributed by atoms with Crippen LogP contribution in [0.1, 0.15) is 32.1 Å². The number of hydrazone groups is 1. The Morgan fingerprint density at radius 1 is 1.27 bits per heavy atom. The van der Waals surface area contributed by atoms with Crippen LogP contribution < -0.4 is 10.5 Å². The van der Waals surface area contributed by atoms with Gasteiger partial charge in [0, 0.05) is 26.7 Å². The minimum atomic E-state index is -0.0968. The standard InChI is InChI=1S/C19H26BN5O/c1-15-14-21-25(19(26)23(15)2)11-4-3-6-16-9-12-24(13-10-16)18-8-5-7-17(20)22-18/h5,7-8,14,16H,1,3-4,6,9-13H2,2H3. The summed E-state index contributed by atoms with van der Waals surface area (Å²) in [4.78, 5) is 20.3. The van der Waals surface area contributed by atoms with E-state index in [1.165, 1.54) is 29.2 Å². The molecule has 1 saturated heterocycles. The lowest BCUT2D eigenvalue weighted by molar-refractivity contribution is 0.171. The first-order valence-electron chi connectivity index (χ1n) is 9.30. The second-order valence-electron chi connectivity index (χ2n) is 7.05. The van der Waals surface area contributed by atoms with Crippen molar-refractivity contribution in [3.05, 3.63) is 30.5 Å². The van der Waals surface area contributed by atoms with Crippen LogP contribution in [0.5, 0.6) is 0 Å². The van der Waals surface area contributed by atoms with Gasteiger partial charge in [-0.15, -0.1) is 0 Å². The molecule has 0 atom stereocenters. The molecule has 2 aliphatic heterocycles. The summed E-state index contributed by atoms with van der Waals surface area (Å²) >= 11 is 0. The minimum absolute atomic E-state index is 0.0968. The number of aromatic nitrogens is 1. The zero-order valence-corrected chi connectivity index (χ0v) is 15.5. The molecule has 6 nitrogen and oxygen atoms in total. The molecule has 1 aromatic rings. The highest BCUT2D eigenvalue weighted by Crippen LogP contribution is 2.25. The largest absolute Gasteiger partial charge is 0.357 e. The van der Waals surface area contributed by atoms with Gasteiger partial charge in [-0.3, -0.25) is 4.90 Å². The lowest BCUT2D eigenvalue weighted by atomic mass is 9.91. The molecular formula is C19H26BN5O. The summed E-state index contributed by atoms with van der Waals surface area (Å²) in [5, 5.41) is 5.70. The number of rotatable bonds is 6. The second-order valence-corrected chi connectivity index (χ2v) is 7.05. The van der Waals surface area contributed by atoms with Gasteiger partial charge in [-0.25, -0.2) is 14.8 Å². The summed E-state index contributed by atoms with van der Waals surface area (Å²) in [5.41, 5.74) is 1.21. The highest BCUT2D eigenvalue weighted by molar-refractivity contribution is 6.30. The van der Waals surface area contributed by atoms with E-state index < -0.39 is 0 Å². The molecule has 2 radical (unpaired) electrons. The monoisotopic (exact) mass is 351 g/mol. The van der Waals surface area contributed by atoms with Gasteiger partial charge in [-0.05, 0) is 36.8 Å². The van der Waals surface area contributed by atoms with E-state index in [4.69, 9.17) is 7.85 Å². The Kier molecular flexibility index (Phi) is 5.96. The van der Waals surface area contributed by atoms with Gasteiger partial charge < -0.3 is 4.90 Å². The van der Waals surface area contributed by atoms with Crippen LogP contribution in [0.4, 0.5) is 10.6 Å². The van der Waals surface area contributed by atoms with Crippen LogP contribution in [0, 0.1) is 5.92 Å². The molecule has 26 heavy (non-hydrogen) atoms. The second kappa shape index (κ2) is 8.38. The SMILES string of the molecule is [B]c1cccc(N2CCC(CCCCN3N=CC(=C)N(C)C3=O)CC2)n1. The highest BCUT2D eigenvalue weighted by Gasteiger charge is 2.23. The van der Waals surface area contributed by atoms with Crippen molar-refractivity contribution >= 4 is 31.5 Å². The van der Waals surface area contributed by atoms with E-state index in [9.17, 15) is 4.79 Å². The molecule has 3 heterocycles. The van der Waals surface area contributed by atoms with E-state index in [0.29, 0.717) is 17.8 Å². The van der Waals surface area contributed by atoms with Crippen molar-refractivity contribution in [2.45, 2.75) is 32.1 Å². The summed E-state index contributed by atoms with van der Waals surface area (Å²) in [5.74, 6) is 1.73. The van der Waals surface area contributed by atoms with Gasteiger partial charge in [0.15, 0.2) is 0 Å². The minimum Gasteiger partial charge on any atom is -0.357 e. The third kappa shape index (κ3) is 4.45. The average molecular weight is 351 g/mol. The van der Waals surface area contributed by atoms with Gasteiger partial charge in [-0.1, -0.05) is 31.6 Å². The maximum atomic E-state index is 12.1. The molecule has 0 bridgehead atoms. The zero-order valence-electron chi connectivity index (χ0n) is 15.5. The zero-order chi connectivity index (χ0) is 18.5. The molecule has 1 aromatic heterocycles. The first-order chi connectivity index (χ1) is 12.5. The van der Waals surface area contributed by atoms with Crippen molar-refractivity contribution in [3.63, 3.8) is 0 Å². The number of carbonyl (C=O) groups excluding carboxylic acids is 1. The maximum absolute atomic E-state index is 12.1. The van der Waals surface area contributed by atoms with Gasteiger partial charge in [0.05, 0.1) is 11.9 Å². The molecule has 0 unspecified atom stereocenters. The number of pyridine rings is 1. The number of urea groups is 1. The Hall–Kier alpha value is -2.31. The van der Waals surface area contributed by atoms with Crippen LogP contribution in [0.25, 0.3) is 0 Å². The molecular weight excluding hydrogens is 325 g/mol. The van der Waals surface area contributed by atoms with Gasteiger partial charge >= 0.3 is 6.03 Å². The number of hydrogen-bond donors (Lipinski definition) is 0. The average Bonchev–Trinajstić information content (AvgIpc) is 2.65. The highest BCUT2D eigenvalue weighted by atomic mass is 16.2. The van der Waals surface area contributed by atoms with Crippen LogP contribution in [-0.2, 0) is 0 Å². The Morgan fingerprint density at radius 3 is 2.77 bits per heavy atom. The van der Waals surface area contributed by atoms with Crippen molar-refractivity contribution in [1.29, 1.82) is 0 Å². The Labute approximate surface area is 157 Å². The normalized spacial score (nSPS) is 18.7. The molecule has 3 rings (SSSR count). The third-order valence-electron chi connectivity index (χ3n) is 5.21. The molecule has 0 aromatic carbocycles. The summed E-state index contributed by atoms with van der Waals surface area (Å²) in [6.07, 6.45) is 7.29. The third-order valence-corrected chi connectivity index (χ3v) is 5.21. The van der Waals surface area contributed by atoms with Crippen molar-refractivity contribution in [3.8, 4) is 0 Å². The summed E-state index contributed by atoms with van der Waals surface area (Å²) in [7, 11) is 7.51. The molecule has 0 N–H and O–H groups in total. The first-order valence-corrected chi connectivity index (χ1v) is 9.30. The van der Waals surface area contributed by atoms with Gasteiger partial charge in [0.25, 0.3) is 0 Å². The van der Waals surface area contributed by atoms with Crippen LogP contribution in [0.3, 0.4) is 0 Å². The van der Waals surface area contributed by atoms with Crippen molar-refractivity contribution in [2.24, 2.45) is 11.0 Å². The smallest absolute Gasteiger partial charge is 0.344 e. The predicted molar refractivity (Wildman–Crippen MR) is 106 cm³/mol. The molecule has 0 saturated carbocycles. The van der Waals surface area contributed by atoms with E-state index in [1.807, 2.05) is 18.2 Å². The van der Waals surface area contributed by atoms with Crippen molar-refractivity contribution in [2.75, 3.05) is 31.6 Å². The number of amides is 2. The first kappa shape index (κ1) is 18.5. The van der Waals surface area contributed by atoms with Gasteiger partial charge in [0.2, 0.25) is 0 Å². The number of allylic oxidation sites excluding steroid dienone is 1. The van der Waals surface area contributed by atoms with E-state index in [1.54, 1.807) is 13.3 Å². The van der Waals surface area contributed by atoms with Crippen LogP contribution >= 0.6 is 0 Å².